The second kappa shape index (κ2) is 6.32. The molecule has 0 bridgehead atoms. The summed E-state index contributed by atoms with van der Waals surface area (Å²) in [5.41, 5.74) is 4.61. The minimum atomic E-state index is -0.0420. The third-order valence-corrected chi connectivity index (χ3v) is 4.38. The Morgan fingerprint density at radius 1 is 1.09 bits per heavy atom. The van der Waals surface area contributed by atoms with Gasteiger partial charge in [-0.1, -0.05) is 50.2 Å². The van der Waals surface area contributed by atoms with E-state index < -0.39 is 0 Å². The van der Waals surface area contributed by atoms with Crippen molar-refractivity contribution in [3.63, 3.8) is 0 Å². The summed E-state index contributed by atoms with van der Waals surface area (Å²) < 4.78 is 2.09. The van der Waals surface area contributed by atoms with Gasteiger partial charge in [-0.3, -0.25) is 0 Å². The first-order chi connectivity index (χ1) is 10.7. The molecule has 3 heteroatoms. The van der Waals surface area contributed by atoms with Crippen molar-refractivity contribution in [3.05, 3.63) is 65.5 Å². The Morgan fingerprint density at radius 3 is 2.50 bits per heavy atom. The molecule has 22 heavy (non-hydrogen) atoms. The molecular weight excluding hydrogens is 272 g/mol. The number of aliphatic hydroxyl groups excluding tert-OH is 1. The fraction of sp³-hybridized carbons (Fsp3) is 0.316. The number of imidazole rings is 1. The van der Waals surface area contributed by atoms with Gasteiger partial charge in [0.15, 0.2) is 0 Å². The molecule has 3 aromatic rings. The number of nitrogens with zero attached hydrogens (tertiary/aromatic N) is 2. The molecule has 0 fully saturated rings. The molecule has 0 saturated carbocycles. The lowest BCUT2D eigenvalue weighted by atomic mass is 9.98. The van der Waals surface area contributed by atoms with Gasteiger partial charge in [0, 0.05) is 6.54 Å². The lowest BCUT2D eigenvalue weighted by molar-refractivity contribution is 0.267. The molecule has 0 radical (unpaired) electrons. The van der Waals surface area contributed by atoms with Crippen molar-refractivity contribution in [2.75, 3.05) is 0 Å². The van der Waals surface area contributed by atoms with E-state index in [1.165, 1.54) is 11.1 Å². The normalized spacial score (nSPS) is 12.7. The molecule has 1 heterocycles. The molecule has 1 atom stereocenters. The number of hydrogen-bond acceptors (Lipinski definition) is 2. The Bertz CT molecular complexity index is 759. The zero-order valence-electron chi connectivity index (χ0n) is 13.2. The molecular formula is C19H22N2O. The van der Waals surface area contributed by atoms with Gasteiger partial charge >= 0.3 is 0 Å². The summed E-state index contributed by atoms with van der Waals surface area (Å²) >= 11 is 0. The molecule has 1 aromatic heterocycles. The van der Waals surface area contributed by atoms with Crippen molar-refractivity contribution in [1.82, 2.24) is 9.55 Å². The Balaban J connectivity index is 1.92. The zero-order chi connectivity index (χ0) is 15.5. The van der Waals surface area contributed by atoms with Gasteiger partial charge in [-0.2, -0.15) is 0 Å². The number of para-hydroxylation sites is 2. The molecule has 114 valence electrons. The minimum Gasteiger partial charge on any atom is -0.388 e. The molecule has 0 spiro atoms. The molecule has 0 saturated heterocycles. The van der Waals surface area contributed by atoms with Crippen molar-refractivity contribution in [3.8, 4) is 0 Å². The number of rotatable bonds is 5. The van der Waals surface area contributed by atoms with E-state index in [0.29, 0.717) is 11.7 Å². The van der Waals surface area contributed by atoms with Gasteiger partial charge in [-0.15, -0.1) is 0 Å². The molecule has 1 unspecified atom stereocenters. The third-order valence-electron chi connectivity index (χ3n) is 4.38. The predicted molar refractivity (Wildman–Crippen MR) is 89.9 cm³/mol. The predicted octanol–water partition coefficient (Wildman–Crippen LogP) is 4.09. The maximum Gasteiger partial charge on any atom is 0.136 e. The summed E-state index contributed by atoms with van der Waals surface area (Å²) in [5, 5.41) is 9.56. The van der Waals surface area contributed by atoms with Gasteiger partial charge < -0.3 is 9.67 Å². The van der Waals surface area contributed by atoms with E-state index in [9.17, 15) is 5.11 Å². The average Bonchev–Trinajstić information content (AvgIpc) is 2.93. The Labute approximate surface area is 131 Å². The van der Waals surface area contributed by atoms with Crippen LogP contribution in [0.25, 0.3) is 11.0 Å². The first kappa shape index (κ1) is 14.8. The van der Waals surface area contributed by atoms with Gasteiger partial charge in [0.25, 0.3) is 0 Å². The summed E-state index contributed by atoms with van der Waals surface area (Å²) in [4.78, 5) is 4.50. The first-order valence-electron chi connectivity index (χ1n) is 7.86. The second-order valence-electron chi connectivity index (χ2n) is 5.81. The van der Waals surface area contributed by atoms with E-state index >= 15 is 0 Å². The number of benzene rings is 2. The third kappa shape index (κ3) is 2.77. The monoisotopic (exact) mass is 294 g/mol. The largest absolute Gasteiger partial charge is 0.388 e. The van der Waals surface area contributed by atoms with Crippen LogP contribution < -0.4 is 0 Å². The van der Waals surface area contributed by atoms with Crippen LogP contribution in [-0.4, -0.2) is 14.7 Å². The van der Waals surface area contributed by atoms with Crippen LogP contribution in [0, 0.1) is 0 Å². The molecule has 3 nitrogen and oxygen atoms in total. The van der Waals surface area contributed by atoms with E-state index in [4.69, 9.17) is 0 Å². The Morgan fingerprint density at radius 2 is 1.82 bits per heavy atom. The zero-order valence-corrected chi connectivity index (χ0v) is 13.2. The summed E-state index contributed by atoms with van der Waals surface area (Å²) in [6.07, 6.45) is 1.15. The lowest BCUT2D eigenvalue weighted by Gasteiger charge is -2.11. The quantitative estimate of drug-likeness (QED) is 0.769. The van der Waals surface area contributed by atoms with Gasteiger partial charge in [-0.05, 0) is 35.6 Å². The van der Waals surface area contributed by atoms with Crippen LogP contribution in [0.15, 0.2) is 48.5 Å². The summed E-state index contributed by atoms with van der Waals surface area (Å²) in [6, 6.07) is 16.8. The van der Waals surface area contributed by atoms with E-state index in [0.717, 1.165) is 24.0 Å². The minimum absolute atomic E-state index is 0.0420. The van der Waals surface area contributed by atoms with Crippen LogP contribution in [0.1, 0.15) is 43.1 Å². The number of hydrogen-bond donors (Lipinski definition) is 1. The summed E-state index contributed by atoms with van der Waals surface area (Å²) in [6.45, 7) is 5.16. The van der Waals surface area contributed by atoms with Crippen LogP contribution in [0.2, 0.25) is 0 Å². The highest BCUT2D eigenvalue weighted by atomic mass is 16.3. The molecule has 0 aliphatic rings. The van der Waals surface area contributed by atoms with Crippen molar-refractivity contribution >= 4 is 11.0 Å². The fourth-order valence-corrected chi connectivity index (χ4v) is 2.79. The fourth-order valence-electron chi connectivity index (χ4n) is 2.79. The van der Waals surface area contributed by atoms with Crippen LogP contribution in [-0.2, 0) is 13.2 Å². The van der Waals surface area contributed by atoms with Crippen LogP contribution >= 0.6 is 0 Å². The summed E-state index contributed by atoms with van der Waals surface area (Å²) in [7, 11) is 0. The highest BCUT2D eigenvalue weighted by molar-refractivity contribution is 5.76. The maximum absolute atomic E-state index is 9.56. The first-order valence-corrected chi connectivity index (χ1v) is 7.86. The summed E-state index contributed by atoms with van der Waals surface area (Å²) in [5.74, 6) is 1.31. The molecule has 2 aromatic carbocycles. The topological polar surface area (TPSA) is 38.0 Å². The van der Waals surface area contributed by atoms with Gasteiger partial charge in [-0.25, -0.2) is 4.98 Å². The highest BCUT2D eigenvalue weighted by Gasteiger charge is 2.10. The van der Waals surface area contributed by atoms with E-state index in [2.05, 4.69) is 53.7 Å². The van der Waals surface area contributed by atoms with Crippen LogP contribution in [0.3, 0.4) is 0 Å². The molecule has 3 rings (SSSR count). The number of aromatic nitrogens is 2. The molecule has 0 aliphatic carbocycles. The average molecular weight is 294 g/mol. The van der Waals surface area contributed by atoms with E-state index in [1.807, 2.05) is 18.2 Å². The molecule has 1 N–H and O–H groups in total. The Hall–Kier alpha value is -2.13. The number of aliphatic hydroxyl groups is 1. The van der Waals surface area contributed by atoms with Crippen molar-refractivity contribution in [2.24, 2.45) is 0 Å². The standard InChI is InChI=1S/C19H22N2O/c1-3-14(2)16-10-8-15(9-11-16)12-21-18-7-5-4-6-17(18)20-19(21)13-22/h4-11,14,22H,3,12-13H2,1-2H3. The van der Waals surface area contributed by atoms with E-state index in [1.54, 1.807) is 0 Å². The molecule has 0 amide bonds. The maximum atomic E-state index is 9.56. The van der Waals surface area contributed by atoms with Crippen molar-refractivity contribution in [1.29, 1.82) is 0 Å². The highest BCUT2D eigenvalue weighted by Crippen LogP contribution is 2.21. The molecule has 0 aliphatic heterocycles. The Kier molecular flexibility index (Phi) is 4.25. The van der Waals surface area contributed by atoms with Crippen molar-refractivity contribution < 1.29 is 5.11 Å². The SMILES string of the molecule is CCC(C)c1ccc(Cn2c(CO)nc3ccccc32)cc1. The van der Waals surface area contributed by atoms with Crippen molar-refractivity contribution in [2.45, 2.75) is 39.3 Å². The van der Waals surface area contributed by atoms with Crippen LogP contribution in [0.4, 0.5) is 0 Å². The second-order valence-corrected chi connectivity index (χ2v) is 5.81. The van der Waals surface area contributed by atoms with Gasteiger partial charge in [0.05, 0.1) is 11.0 Å². The van der Waals surface area contributed by atoms with Gasteiger partial charge in [0.1, 0.15) is 12.4 Å². The van der Waals surface area contributed by atoms with Crippen LogP contribution in [0.5, 0.6) is 0 Å². The number of fused-ring (bicyclic) bond motifs is 1. The van der Waals surface area contributed by atoms with Gasteiger partial charge in [0.2, 0.25) is 0 Å². The van der Waals surface area contributed by atoms with E-state index in [-0.39, 0.29) is 6.61 Å². The smallest absolute Gasteiger partial charge is 0.136 e. The lowest BCUT2D eigenvalue weighted by Crippen LogP contribution is -2.05.